The summed E-state index contributed by atoms with van der Waals surface area (Å²) < 4.78 is 5.33. The number of pyridine rings is 1. The average Bonchev–Trinajstić information content (AvgIpc) is 2.27. The topological polar surface area (TPSA) is 51.2 Å². The molecule has 2 rings (SSSR count). The van der Waals surface area contributed by atoms with Crippen molar-refractivity contribution in [3.63, 3.8) is 0 Å². The number of hydrogen-bond donors (Lipinski definition) is 1. The Morgan fingerprint density at radius 2 is 2.35 bits per heavy atom. The van der Waals surface area contributed by atoms with Gasteiger partial charge in [-0.05, 0) is 35.2 Å². The highest BCUT2D eigenvalue weighted by atomic mass is 79.9. The van der Waals surface area contributed by atoms with Crippen LogP contribution >= 0.6 is 27.5 Å². The van der Waals surface area contributed by atoms with Crippen molar-refractivity contribution in [2.75, 3.05) is 12.4 Å². The number of nitrogens with zero attached hydrogens (tertiary/aromatic N) is 1. The van der Waals surface area contributed by atoms with E-state index in [0.29, 0.717) is 26.9 Å². The summed E-state index contributed by atoms with van der Waals surface area (Å²) in [7, 11) is 1.35. The molecule has 0 atom stereocenters. The van der Waals surface area contributed by atoms with Gasteiger partial charge in [-0.1, -0.05) is 11.6 Å². The minimum Gasteiger partial charge on any atom is -0.465 e. The lowest BCUT2D eigenvalue weighted by atomic mass is 9.93. The fourth-order valence-electron chi connectivity index (χ4n) is 1.63. The number of rotatable bonds is 3. The first kappa shape index (κ1) is 12.6. The lowest BCUT2D eigenvalue weighted by molar-refractivity contribution is 0.0601. The Bertz CT molecular complexity index is 449. The zero-order valence-electron chi connectivity index (χ0n) is 9.30. The number of carbonyl (C=O) groups excluding carboxylic acids is 1. The van der Waals surface area contributed by atoms with E-state index in [0.717, 1.165) is 12.8 Å². The Morgan fingerprint density at radius 3 is 2.88 bits per heavy atom. The van der Waals surface area contributed by atoms with E-state index >= 15 is 0 Å². The van der Waals surface area contributed by atoms with E-state index in [-0.39, 0.29) is 0 Å². The van der Waals surface area contributed by atoms with Crippen molar-refractivity contribution in [1.82, 2.24) is 4.98 Å². The van der Waals surface area contributed by atoms with Crippen molar-refractivity contribution in [1.29, 1.82) is 0 Å². The number of nitrogens with one attached hydrogen (secondary N) is 1. The molecule has 1 aromatic heterocycles. The summed E-state index contributed by atoms with van der Waals surface area (Å²) in [6, 6.07) is 0.396. The molecule has 1 fully saturated rings. The molecule has 0 bridgehead atoms. The van der Waals surface area contributed by atoms with E-state index in [9.17, 15) is 4.79 Å². The minimum atomic E-state index is -0.420. The van der Waals surface area contributed by atoms with Crippen molar-refractivity contribution in [3.05, 3.63) is 21.4 Å². The Hall–Kier alpha value is -0.810. The predicted octanol–water partition coefficient (Wildman–Crippen LogP) is 3.25. The molecule has 17 heavy (non-hydrogen) atoms. The van der Waals surface area contributed by atoms with E-state index < -0.39 is 5.97 Å². The molecule has 1 saturated carbocycles. The molecule has 1 aliphatic carbocycles. The molecule has 1 heterocycles. The fraction of sp³-hybridized carbons (Fsp3) is 0.455. The van der Waals surface area contributed by atoms with Crippen LogP contribution in [0.5, 0.6) is 0 Å². The van der Waals surface area contributed by atoms with Crippen molar-refractivity contribution < 1.29 is 9.53 Å². The van der Waals surface area contributed by atoms with Gasteiger partial charge >= 0.3 is 5.97 Å². The molecule has 4 nitrogen and oxygen atoms in total. The molecule has 1 N–H and O–H groups in total. The summed E-state index contributed by atoms with van der Waals surface area (Å²) in [5.41, 5.74) is 1.07. The molecule has 6 heteroatoms. The number of ether oxygens (including phenoxy) is 1. The molecule has 0 spiro atoms. The molecule has 0 amide bonds. The van der Waals surface area contributed by atoms with E-state index in [4.69, 9.17) is 16.3 Å². The molecular formula is C11H12BrClN2O2. The lowest BCUT2D eigenvalue weighted by Crippen LogP contribution is -2.28. The Morgan fingerprint density at radius 1 is 1.65 bits per heavy atom. The van der Waals surface area contributed by atoms with E-state index in [2.05, 4.69) is 26.2 Å². The third-order valence-corrected chi connectivity index (χ3v) is 4.12. The van der Waals surface area contributed by atoms with Crippen LogP contribution in [-0.2, 0) is 4.74 Å². The molecule has 0 aromatic carbocycles. The maximum Gasteiger partial charge on any atom is 0.341 e. The van der Waals surface area contributed by atoms with E-state index in [1.54, 1.807) is 0 Å². The van der Waals surface area contributed by atoms with Gasteiger partial charge in [0.25, 0.3) is 0 Å². The number of halogens is 2. The summed E-state index contributed by atoms with van der Waals surface area (Å²) in [5, 5.41) is 3.63. The van der Waals surface area contributed by atoms with Crippen molar-refractivity contribution in [2.24, 2.45) is 0 Å². The third-order valence-electron chi connectivity index (χ3n) is 2.84. The Kier molecular flexibility index (Phi) is 3.89. The summed E-state index contributed by atoms with van der Waals surface area (Å²) in [6.45, 7) is 0. The van der Waals surface area contributed by atoms with Gasteiger partial charge in [-0.15, -0.1) is 0 Å². The molecular weight excluding hydrogens is 307 g/mol. The van der Waals surface area contributed by atoms with Crippen LogP contribution in [-0.4, -0.2) is 24.1 Å². The first-order valence-electron chi connectivity index (χ1n) is 5.32. The van der Waals surface area contributed by atoms with Gasteiger partial charge < -0.3 is 10.1 Å². The standard InChI is InChI=1S/C11H12BrClN2O2/c1-17-11(16)7-5-14-10(13)8(12)9(7)15-6-3-2-4-6/h5-6H,2-4H2,1H3,(H,14,15). The van der Waals surface area contributed by atoms with Crippen LogP contribution in [0.3, 0.4) is 0 Å². The number of hydrogen-bond acceptors (Lipinski definition) is 4. The SMILES string of the molecule is COC(=O)c1cnc(Cl)c(Br)c1NC1CCC1. The number of carbonyl (C=O) groups is 1. The van der Waals surface area contributed by atoms with Gasteiger partial charge in [0, 0.05) is 12.2 Å². The summed E-state index contributed by atoms with van der Waals surface area (Å²) in [5.74, 6) is -0.420. The highest BCUT2D eigenvalue weighted by molar-refractivity contribution is 9.10. The van der Waals surface area contributed by atoms with Gasteiger partial charge in [-0.3, -0.25) is 0 Å². The first-order valence-corrected chi connectivity index (χ1v) is 6.49. The number of aromatic nitrogens is 1. The maximum atomic E-state index is 11.6. The van der Waals surface area contributed by atoms with Crippen molar-refractivity contribution >= 4 is 39.2 Å². The van der Waals surface area contributed by atoms with Crippen LogP contribution < -0.4 is 5.32 Å². The van der Waals surface area contributed by atoms with Gasteiger partial charge in [0.15, 0.2) is 0 Å². The largest absolute Gasteiger partial charge is 0.465 e. The van der Waals surface area contributed by atoms with Gasteiger partial charge in [0.05, 0.1) is 17.3 Å². The van der Waals surface area contributed by atoms with Crippen LogP contribution in [0, 0.1) is 0 Å². The smallest absolute Gasteiger partial charge is 0.341 e. The predicted molar refractivity (Wildman–Crippen MR) is 69.5 cm³/mol. The third kappa shape index (κ3) is 2.55. The fourth-order valence-corrected chi connectivity index (χ4v) is 2.20. The monoisotopic (exact) mass is 318 g/mol. The normalized spacial score (nSPS) is 15.2. The molecule has 0 radical (unpaired) electrons. The van der Waals surface area contributed by atoms with Crippen molar-refractivity contribution in [2.45, 2.75) is 25.3 Å². The maximum absolute atomic E-state index is 11.6. The van der Waals surface area contributed by atoms with Crippen LogP contribution in [0.1, 0.15) is 29.6 Å². The zero-order valence-corrected chi connectivity index (χ0v) is 11.6. The van der Waals surface area contributed by atoms with Gasteiger partial charge in [-0.2, -0.15) is 0 Å². The quantitative estimate of drug-likeness (QED) is 0.686. The molecule has 1 aromatic rings. The summed E-state index contributed by atoms with van der Waals surface area (Å²) in [4.78, 5) is 15.6. The second-order valence-electron chi connectivity index (χ2n) is 3.92. The summed E-state index contributed by atoms with van der Waals surface area (Å²) in [6.07, 6.45) is 4.85. The molecule has 1 aliphatic rings. The van der Waals surface area contributed by atoms with E-state index in [1.807, 2.05) is 0 Å². The molecule has 92 valence electrons. The minimum absolute atomic E-state index is 0.333. The molecule has 0 saturated heterocycles. The van der Waals surface area contributed by atoms with Gasteiger partial charge in [-0.25, -0.2) is 9.78 Å². The Labute approximate surface area is 113 Å². The van der Waals surface area contributed by atoms with Crippen LogP contribution in [0.2, 0.25) is 5.15 Å². The number of methoxy groups -OCH3 is 1. The lowest BCUT2D eigenvalue weighted by Gasteiger charge is -2.28. The second kappa shape index (κ2) is 5.23. The second-order valence-corrected chi connectivity index (χ2v) is 5.07. The van der Waals surface area contributed by atoms with Gasteiger partial charge in [0.1, 0.15) is 10.7 Å². The summed E-state index contributed by atoms with van der Waals surface area (Å²) >= 11 is 9.27. The van der Waals surface area contributed by atoms with Gasteiger partial charge in [0.2, 0.25) is 0 Å². The number of anilines is 1. The van der Waals surface area contributed by atoms with Crippen LogP contribution in [0.15, 0.2) is 10.7 Å². The van der Waals surface area contributed by atoms with Crippen LogP contribution in [0.25, 0.3) is 0 Å². The first-order chi connectivity index (χ1) is 8.13. The highest BCUT2D eigenvalue weighted by Crippen LogP contribution is 2.35. The highest BCUT2D eigenvalue weighted by Gasteiger charge is 2.23. The van der Waals surface area contributed by atoms with Crippen molar-refractivity contribution in [3.8, 4) is 0 Å². The average molecular weight is 320 g/mol. The van der Waals surface area contributed by atoms with E-state index in [1.165, 1.54) is 19.7 Å². The molecule has 0 unspecified atom stereocenters. The molecule has 0 aliphatic heterocycles. The zero-order chi connectivity index (χ0) is 12.4. The van der Waals surface area contributed by atoms with Crippen LogP contribution in [0.4, 0.5) is 5.69 Å². The number of esters is 1. The Balaban J connectivity index is 2.36.